The lowest BCUT2D eigenvalue weighted by Gasteiger charge is -2.16. The fourth-order valence-corrected chi connectivity index (χ4v) is 2.79. The molecule has 2 aromatic rings. The number of hydrogen-bond donors (Lipinski definition) is 1. The second-order valence-corrected chi connectivity index (χ2v) is 6.67. The molecule has 1 heterocycles. The Bertz CT molecular complexity index is 846. The number of halogens is 5. The van der Waals surface area contributed by atoms with Gasteiger partial charge in [-0.2, -0.15) is 27.1 Å². The van der Waals surface area contributed by atoms with Crippen LogP contribution in [-0.2, 0) is 17.5 Å². The third kappa shape index (κ3) is 4.79. The van der Waals surface area contributed by atoms with Crippen molar-refractivity contribution in [1.29, 1.82) is 0 Å². The van der Waals surface area contributed by atoms with E-state index in [1.54, 1.807) is 0 Å². The quantitative estimate of drug-likeness (QED) is 0.685. The van der Waals surface area contributed by atoms with E-state index < -0.39 is 30.3 Å². The molecule has 0 spiro atoms. The van der Waals surface area contributed by atoms with Gasteiger partial charge in [0.1, 0.15) is 5.75 Å². The summed E-state index contributed by atoms with van der Waals surface area (Å²) in [5.74, 6) is -1.48. The summed E-state index contributed by atoms with van der Waals surface area (Å²) in [6.45, 7) is -1.59. The monoisotopic (exact) mass is 403 g/mol. The second kappa shape index (κ2) is 7.76. The first kappa shape index (κ1) is 20.1. The van der Waals surface area contributed by atoms with Gasteiger partial charge in [0.2, 0.25) is 5.91 Å². The molecule has 1 atom stereocenters. The van der Waals surface area contributed by atoms with Crippen LogP contribution in [0.25, 0.3) is 0 Å². The summed E-state index contributed by atoms with van der Waals surface area (Å²) in [4.78, 5) is 12.4. The highest BCUT2D eigenvalue weighted by molar-refractivity contribution is 5.93. The predicted octanol–water partition coefficient (Wildman–Crippen LogP) is 4.66. The summed E-state index contributed by atoms with van der Waals surface area (Å²) in [6, 6.07) is 6.70. The second-order valence-electron chi connectivity index (χ2n) is 6.67. The molecule has 28 heavy (non-hydrogen) atoms. The maximum atomic E-state index is 13.0. The zero-order valence-electron chi connectivity index (χ0n) is 14.8. The van der Waals surface area contributed by atoms with Crippen LogP contribution in [0.15, 0.2) is 30.3 Å². The van der Waals surface area contributed by atoms with Crippen LogP contribution in [0.5, 0.6) is 5.75 Å². The molecule has 1 amide bonds. The molecule has 1 aliphatic rings. The molecule has 1 fully saturated rings. The SMILES string of the molecule is CC(Cn1nc(C(F)(F)F)cc1C1CC1)C(=O)Nc1ccccc1OC(F)F. The molecular formula is C18H18F5N3O2. The predicted molar refractivity (Wildman–Crippen MR) is 90.1 cm³/mol. The van der Waals surface area contributed by atoms with Gasteiger partial charge in [0.25, 0.3) is 0 Å². The minimum atomic E-state index is -4.56. The van der Waals surface area contributed by atoms with Crippen LogP contribution in [0, 0.1) is 5.92 Å². The van der Waals surface area contributed by atoms with Gasteiger partial charge in [-0.1, -0.05) is 19.1 Å². The summed E-state index contributed by atoms with van der Waals surface area (Å²) in [6.07, 6.45) is -3.00. The fourth-order valence-electron chi connectivity index (χ4n) is 2.79. The van der Waals surface area contributed by atoms with Crippen molar-refractivity contribution in [3.05, 3.63) is 41.7 Å². The van der Waals surface area contributed by atoms with Crippen molar-refractivity contribution in [3.63, 3.8) is 0 Å². The Balaban J connectivity index is 1.73. The first-order valence-electron chi connectivity index (χ1n) is 8.64. The number of rotatable bonds is 7. The summed E-state index contributed by atoms with van der Waals surface area (Å²) in [5.41, 5.74) is -0.482. The minimum Gasteiger partial charge on any atom is -0.433 e. The van der Waals surface area contributed by atoms with Crippen LogP contribution >= 0.6 is 0 Å². The highest BCUT2D eigenvalue weighted by Crippen LogP contribution is 2.42. The Morgan fingerprint density at radius 1 is 1.32 bits per heavy atom. The maximum absolute atomic E-state index is 13.0. The van der Waals surface area contributed by atoms with Crippen LogP contribution in [0.4, 0.5) is 27.6 Å². The highest BCUT2D eigenvalue weighted by atomic mass is 19.4. The van der Waals surface area contributed by atoms with Gasteiger partial charge < -0.3 is 10.1 Å². The molecule has 1 unspecified atom stereocenters. The standard InChI is InChI=1S/C18H18F5N3O2/c1-10(16(27)24-12-4-2-3-5-14(12)28-17(19)20)9-26-13(11-6-7-11)8-15(25-26)18(21,22)23/h2-5,8,10-11,17H,6-7,9H2,1H3,(H,24,27). The van der Waals surface area contributed by atoms with E-state index in [0.29, 0.717) is 5.69 Å². The fraction of sp³-hybridized carbons (Fsp3) is 0.444. The molecule has 0 saturated heterocycles. The van der Waals surface area contributed by atoms with Gasteiger partial charge in [0, 0.05) is 11.6 Å². The van der Waals surface area contributed by atoms with E-state index in [-0.39, 0.29) is 23.9 Å². The van der Waals surface area contributed by atoms with E-state index >= 15 is 0 Å². The van der Waals surface area contributed by atoms with Crippen molar-refractivity contribution < 1.29 is 31.5 Å². The molecule has 1 saturated carbocycles. The smallest absolute Gasteiger partial charge is 0.433 e. The number of amides is 1. The molecule has 3 rings (SSSR count). The zero-order chi connectivity index (χ0) is 20.5. The van der Waals surface area contributed by atoms with Gasteiger partial charge in [-0.3, -0.25) is 9.48 Å². The van der Waals surface area contributed by atoms with Crippen molar-refractivity contribution >= 4 is 11.6 Å². The lowest BCUT2D eigenvalue weighted by Crippen LogP contribution is -2.26. The number of carbonyl (C=O) groups excluding carboxylic acids is 1. The van der Waals surface area contributed by atoms with Gasteiger partial charge >= 0.3 is 12.8 Å². The highest BCUT2D eigenvalue weighted by Gasteiger charge is 2.38. The van der Waals surface area contributed by atoms with Crippen LogP contribution in [-0.4, -0.2) is 22.3 Å². The molecule has 10 heteroatoms. The molecule has 0 bridgehead atoms. The Morgan fingerprint density at radius 3 is 2.61 bits per heavy atom. The Hall–Kier alpha value is -2.65. The number of carbonyl (C=O) groups is 1. The number of benzene rings is 1. The molecule has 0 aliphatic heterocycles. The lowest BCUT2D eigenvalue weighted by atomic mass is 10.1. The van der Waals surface area contributed by atoms with Crippen LogP contribution < -0.4 is 10.1 Å². The van der Waals surface area contributed by atoms with Crippen molar-refractivity contribution in [3.8, 4) is 5.75 Å². The summed E-state index contributed by atoms with van der Waals surface area (Å²) in [7, 11) is 0. The molecule has 1 aromatic carbocycles. The number of alkyl halides is 5. The number of anilines is 1. The topological polar surface area (TPSA) is 56.2 Å². The third-order valence-corrected chi connectivity index (χ3v) is 4.35. The van der Waals surface area contributed by atoms with E-state index in [2.05, 4.69) is 15.2 Å². The number of ether oxygens (including phenoxy) is 1. The average Bonchev–Trinajstić information content (AvgIpc) is 3.35. The number of hydrogen-bond acceptors (Lipinski definition) is 3. The van der Waals surface area contributed by atoms with Crippen LogP contribution in [0.3, 0.4) is 0 Å². The van der Waals surface area contributed by atoms with Gasteiger partial charge in [-0.25, -0.2) is 0 Å². The Morgan fingerprint density at radius 2 is 2.00 bits per heavy atom. The first-order valence-corrected chi connectivity index (χ1v) is 8.64. The molecule has 0 radical (unpaired) electrons. The molecular weight excluding hydrogens is 385 g/mol. The average molecular weight is 403 g/mol. The molecule has 1 aromatic heterocycles. The Kier molecular flexibility index (Phi) is 5.57. The van der Waals surface area contributed by atoms with Crippen molar-refractivity contribution in [2.75, 3.05) is 5.32 Å². The van der Waals surface area contributed by atoms with Gasteiger partial charge in [-0.15, -0.1) is 0 Å². The number of nitrogens with one attached hydrogen (secondary N) is 1. The van der Waals surface area contributed by atoms with Crippen molar-refractivity contribution in [1.82, 2.24) is 9.78 Å². The maximum Gasteiger partial charge on any atom is 0.435 e. The van der Waals surface area contributed by atoms with E-state index in [1.807, 2.05) is 0 Å². The van der Waals surface area contributed by atoms with Crippen LogP contribution in [0.1, 0.15) is 37.1 Å². The largest absolute Gasteiger partial charge is 0.435 e. The van der Waals surface area contributed by atoms with Crippen LogP contribution in [0.2, 0.25) is 0 Å². The molecule has 5 nitrogen and oxygen atoms in total. The van der Waals surface area contributed by atoms with Crippen molar-refractivity contribution in [2.45, 2.75) is 45.0 Å². The molecule has 152 valence electrons. The Labute approximate surface area is 157 Å². The van der Waals surface area contributed by atoms with E-state index in [9.17, 15) is 26.7 Å². The van der Waals surface area contributed by atoms with Gasteiger partial charge in [-0.05, 0) is 31.0 Å². The molecule has 1 aliphatic carbocycles. The van der Waals surface area contributed by atoms with E-state index in [1.165, 1.54) is 35.9 Å². The summed E-state index contributed by atoms with van der Waals surface area (Å²) < 4.78 is 69.4. The number of nitrogens with zero attached hydrogens (tertiary/aromatic N) is 2. The molecule has 1 N–H and O–H groups in total. The van der Waals surface area contributed by atoms with Gasteiger partial charge in [0.05, 0.1) is 18.2 Å². The zero-order valence-corrected chi connectivity index (χ0v) is 14.8. The van der Waals surface area contributed by atoms with E-state index in [0.717, 1.165) is 18.9 Å². The minimum absolute atomic E-state index is 0.0130. The van der Waals surface area contributed by atoms with E-state index in [4.69, 9.17) is 0 Å². The van der Waals surface area contributed by atoms with Gasteiger partial charge in [0.15, 0.2) is 5.69 Å². The van der Waals surface area contributed by atoms with Crippen molar-refractivity contribution in [2.24, 2.45) is 5.92 Å². The summed E-state index contributed by atoms with van der Waals surface area (Å²) >= 11 is 0. The lowest BCUT2D eigenvalue weighted by molar-refractivity contribution is -0.141. The number of aromatic nitrogens is 2. The number of para-hydroxylation sites is 2. The summed E-state index contributed by atoms with van der Waals surface area (Å²) in [5, 5.41) is 6.09. The first-order chi connectivity index (χ1) is 13.1. The third-order valence-electron chi connectivity index (χ3n) is 4.35. The normalized spacial score (nSPS) is 15.5.